The van der Waals surface area contributed by atoms with E-state index < -0.39 is 0 Å². The van der Waals surface area contributed by atoms with Crippen LogP contribution in [0.1, 0.15) is 5.76 Å². The van der Waals surface area contributed by atoms with Crippen molar-refractivity contribution in [2.75, 3.05) is 0 Å². The second kappa shape index (κ2) is 5.16. The Kier molecular flexibility index (Phi) is 3.36. The van der Waals surface area contributed by atoms with Gasteiger partial charge in [0.15, 0.2) is 0 Å². The van der Waals surface area contributed by atoms with Crippen molar-refractivity contribution in [1.82, 2.24) is 0 Å². The second-order valence-electron chi connectivity index (χ2n) is 4.11. The molecule has 96 valence electrons. The van der Waals surface area contributed by atoms with Crippen molar-refractivity contribution < 1.29 is 9.15 Å². The Balaban J connectivity index is 1.80. The van der Waals surface area contributed by atoms with E-state index in [2.05, 4.69) is 0 Å². The minimum atomic E-state index is 0.339. The molecule has 0 aliphatic rings. The lowest BCUT2D eigenvalue weighted by molar-refractivity contribution is 0.274. The lowest BCUT2D eigenvalue weighted by Crippen LogP contribution is -1.93. The number of hydrogen-bond donors (Lipinski definition) is 0. The smallest absolute Gasteiger partial charge is 0.146 e. The Labute approximate surface area is 120 Å². The van der Waals surface area contributed by atoms with E-state index in [9.17, 15) is 0 Å². The number of ether oxygens (including phenoxy) is 1. The van der Waals surface area contributed by atoms with Crippen LogP contribution in [0.3, 0.4) is 0 Å². The van der Waals surface area contributed by atoms with Crippen molar-refractivity contribution in [3.63, 3.8) is 0 Å². The van der Waals surface area contributed by atoms with Gasteiger partial charge < -0.3 is 9.15 Å². The predicted molar refractivity (Wildman–Crippen MR) is 77.0 cm³/mol. The van der Waals surface area contributed by atoms with Crippen molar-refractivity contribution in [2.45, 2.75) is 6.61 Å². The van der Waals surface area contributed by atoms with Gasteiger partial charge in [0.1, 0.15) is 23.7 Å². The molecule has 0 N–H and O–H groups in total. The summed E-state index contributed by atoms with van der Waals surface area (Å²) in [4.78, 5) is 0. The summed E-state index contributed by atoms with van der Waals surface area (Å²) >= 11 is 12.0. The van der Waals surface area contributed by atoms with E-state index in [0.29, 0.717) is 22.4 Å². The molecule has 0 fully saturated rings. The van der Waals surface area contributed by atoms with E-state index in [-0.39, 0.29) is 0 Å². The topological polar surface area (TPSA) is 22.4 Å². The maximum absolute atomic E-state index is 6.09. The third-order valence-electron chi connectivity index (χ3n) is 2.74. The van der Waals surface area contributed by atoms with Gasteiger partial charge in [-0.15, -0.1) is 0 Å². The largest absolute Gasteiger partial charge is 0.486 e. The minimum absolute atomic E-state index is 0.339. The fourth-order valence-corrected chi connectivity index (χ4v) is 2.26. The SMILES string of the molecule is Clc1cccc(OCc2cc3c(Cl)cccc3o2)c1. The van der Waals surface area contributed by atoms with Gasteiger partial charge in [-0.3, -0.25) is 0 Å². The fraction of sp³-hybridized carbons (Fsp3) is 0.0667. The summed E-state index contributed by atoms with van der Waals surface area (Å²) in [7, 11) is 0. The fourth-order valence-electron chi connectivity index (χ4n) is 1.86. The molecule has 0 aliphatic heterocycles. The van der Waals surface area contributed by atoms with Gasteiger partial charge in [0, 0.05) is 10.4 Å². The summed E-state index contributed by atoms with van der Waals surface area (Å²) in [5, 5.41) is 2.22. The average Bonchev–Trinajstić information content (AvgIpc) is 2.81. The zero-order chi connectivity index (χ0) is 13.2. The Morgan fingerprint density at radius 2 is 1.84 bits per heavy atom. The van der Waals surface area contributed by atoms with E-state index in [1.807, 2.05) is 36.4 Å². The first-order chi connectivity index (χ1) is 9.22. The van der Waals surface area contributed by atoms with Gasteiger partial charge in [0.05, 0.1) is 5.02 Å². The van der Waals surface area contributed by atoms with E-state index >= 15 is 0 Å². The van der Waals surface area contributed by atoms with Crippen molar-refractivity contribution in [1.29, 1.82) is 0 Å². The molecule has 1 aromatic heterocycles. The molecule has 4 heteroatoms. The highest BCUT2D eigenvalue weighted by Gasteiger charge is 2.07. The van der Waals surface area contributed by atoms with Crippen LogP contribution < -0.4 is 4.74 Å². The first-order valence-corrected chi connectivity index (χ1v) is 6.53. The molecule has 0 atom stereocenters. The summed E-state index contributed by atoms with van der Waals surface area (Å²) < 4.78 is 11.3. The molecule has 1 heterocycles. The normalized spacial score (nSPS) is 10.8. The van der Waals surface area contributed by atoms with Gasteiger partial charge in [-0.1, -0.05) is 35.3 Å². The van der Waals surface area contributed by atoms with Crippen LogP contribution in [0.4, 0.5) is 0 Å². The van der Waals surface area contributed by atoms with Crippen molar-refractivity contribution in [2.24, 2.45) is 0 Å². The molecule has 19 heavy (non-hydrogen) atoms. The number of rotatable bonds is 3. The van der Waals surface area contributed by atoms with Crippen LogP contribution in [0, 0.1) is 0 Å². The third-order valence-corrected chi connectivity index (χ3v) is 3.30. The van der Waals surface area contributed by atoms with Crippen molar-refractivity contribution in [3.05, 3.63) is 64.3 Å². The van der Waals surface area contributed by atoms with E-state index in [4.69, 9.17) is 32.4 Å². The zero-order valence-electron chi connectivity index (χ0n) is 9.90. The van der Waals surface area contributed by atoms with Crippen LogP contribution in [0.5, 0.6) is 5.75 Å². The van der Waals surface area contributed by atoms with Crippen molar-refractivity contribution >= 4 is 34.2 Å². The molecule has 0 aliphatic carbocycles. The molecule has 0 amide bonds. The molecule has 2 aromatic carbocycles. The molecular weight excluding hydrogens is 283 g/mol. The van der Waals surface area contributed by atoms with Crippen LogP contribution in [0.25, 0.3) is 11.0 Å². The van der Waals surface area contributed by atoms with E-state index in [1.165, 1.54) is 0 Å². The van der Waals surface area contributed by atoms with Gasteiger partial charge in [-0.25, -0.2) is 0 Å². The molecule has 0 radical (unpaired) electrons. The number of fused-ring (bicyclic) bond motifs is 1. The number of hydrogen-bond acceptors (Lipinski definition) is 2. The standard InChI is InChI=1S/C15H10Cl2O2/c16-10-3-1-4-11(7-10)18-9-12-8-13-14(17)5-2-6-15(13)19-12/h1-8H,9H2. The van der Waals surface area contributed by atoms with E-state index in [0.717, 1.165) is 16.7 Å². The molecule has 3 aromatic rings. The summed E-state index contributed by atoms with van der Waals surface area (Å²) in [5.74, 6) is 1.43. The first-order valence-electron chi connectivity index (χ1n) is 5.78. The lowest BCUT2D eigenvalue weighted by Gasteiger charge is -2.03. The van der Waals surface area contributed by atoms with E-state index in [1.54, 1.807) is 12.1 Å². The van der Waals surface area contributed by atoms with Gasteiger partial charge in [-0.2, -0.15) is 0 Å². The molecule has 0 bridgehead atoms. The minimum Gasteiger partial charge on any atom is -0.486 e. The monoisotopic (exact) mass is 292 g/mol. The van der Waals surface area contributed by atoms with Crippen LogP contribution in [-0.4, -0.2) is 0 Å². The Morgan fingerprint density at radius 1 is 1.00 bits per heavy atom. The molecule has 0 saturated carbocycles. The highest BCUT2D eigenvalue weighted by Crippen LogP contribution is 2.27. The van der Waals surface area contributed by atoms with Crippen LogP contribution in [0.2, 0.25) is 10.0 Å². The van der Waals surface area contributed by atoms with Crippen molar-refractivity contribution in [3.8, 4) is 5.75 Å². The second-order valence-corrected chi connectivity index (χ2v) is 4.95. The third kappa shape index (κ3) is 2.70. The maximum atomic E-state index is 6.09. The zero-order valence-corrected chi connectivity index (χ0v) is 11.4. The molecule has 3 rings (SSSR count). The summed E-state index contributed by atoms with van der Waals surface area (Å²) in [6.45, 7) is 0.339. The number of benzene rings is 2. The summed E-state index contributed by atoms with van der Waals surface area (Å²) in [6, 6.07) is 14.7. The summed E-state index contributed by atoms with van der Waals surface area (Å²) in [6.07, 6.45) is 0. The predicted octanol–water partition coefficient (Wildman–Crippen LogP) is 5.32. The van der Waals surface area contributed by atoms with Crippen LogP contribution in [-0.2, 0) is 6.61 Å². The average molecular weight is 293 g/mol. The van der Waals surface area contributed by atoms with Gasteiger partial charge in [0.25, 0.3) is 0 Å². The highest BCUT2D eigenvalue weighted by atomic mass is 35.5. The summed E-state index contributed by atoms with van der Waals surface area (Å²) in [5.41, 5.74) is 0.761. The molecule has 0 unspecified atom stereocenters. The Bertz CT molecular complexity index is 719. The Hall–Kier alpha value is -1.64. The van der Waals surface area contributed by atoms with Crippen LogP contribution >= 0.6 is 23.2 Å². The quantitative estimate of drug-likeness (QED) is 0.652. The van der Waals surface area contributed by atoms with Gasteiger partial charge in [-0.05, 0) is 36.4 Å². The van der Waals surface area contributed by atoms with Gasteiger partial charge in [0.2, 0.25) is 0 Å². The van der Waals surface area contributed by atoms with Gasteiger partial charge >= 0.3 is 0 Å². The van der Waals surface area contributed by atoms with Crippen LogP contribution in [0.15, 0.2) is 52.9 Å². The lowest BCUT2D eigenvalue weighted by atomic mass is 10.2. The maximum Gasteiger partial charge on any atom is 0.146 e. The highest BCUT2D eigenvalue weighted by molar-refractivity contribution is 6.35. The molecule has 2 nitrogen and oxygen atoms in total. The first kappa shape index (κ1) is 12.4. The molecule has 0 spiro atoms. The number of halogens is 2. The Morgan fingerprint density at radius 3 is 2.63 bits per heavy atom. The molecular formula is C15H10Cl2O2. The number of furan rings is 1. The molecule has 0 saturated heterocycles.